The minimum absolute atomic E-state index is 0.292. The summed E-state index contributed by atoms with van der Waals surface area (Å²) >= 11 is 0. The molecule has 4 radical (unpaired) electrons. The molecular formula is C6H10B2. The van der Waals surface area contributed by atoms with Crippen LogP contribution in [0.1, 0.15) is 19.8 Å². The first-order valence-corrected chi connectivity index (χ1v) is 3.27. The maximum atomic E-state index is 5.65. The van der Waals surface area contributed by atoms with E-state index < -0.39 is 0 Å². The molecule has 0 N–H and O–H groups in total. The quantitative estimate of drug-likeness (QED) is 0.440. The van der Waals surface area contributed by atoms with Gasteiger partial charge in [0.2, 0.25) is 0 Å². The number of rotatable bonds is 1. The van der Waals surface area contributed by atoms with Gasteiger partial charge in [0, 0.05) is 0 Å². The van der Waals surface area contributed by atoms with E-state index in [4.69, 9.17) is 15.7 Å². The summed E-state index contributed by atoms with van der Waals surface area (Å²) < 4.78 is 0. The van der Waals surface area contributed by atoms with Crippen LogP contribution in [0.4, 0.5) is 0 Å². The van der Waals surface area contributed by atoms with Crippen LogP contribution in [0.2, 0.25) is 11.6 Å². The summed E-state index contributed by atoms with van der Waals surface area (Å²) in [5.74, 6) is 1.30. The summed E-state index contributed by atoms with van der Waals surface area (Å²) in [7, 11) is 11.2. The van der Waals surface area contributed by atoms with E-state index in [2.05, 4.69) is 6.92 Å². The minimum atomic E-state index is 0.292. The average Bonchev–Trinajstić information content (AvgIpc) is 1.81. The third kappa shape index (κ3) is 0.808. The lowest BCUT2D eigenvalue weighted by Gasteiger charge is -2.41. The molecule has 0 aromatic carbocycles. The predicted molar refractivity (Wildman–Crippen MR) is 37.4 cm³/mol. The summed E-state index contributed by atoms with van der Waals surface area (Å²) in [6.07, 6.45) is 2.33. The molecule has 1 saturated carbocycles. The van der Waals surface area contributed by atoms with Crippen molar-refractivity contribution in [3.8, 4) is 0 Å². The van der Waals surface area contributed by atoms with Crippen LogP contribution in [0.25, 0.3) is 0 Å². The molecule has 8 heavy (non-hydrogen) atoms. The van der Waals surface area contributed by atoms with Gasteiger partial charge in [-0.25, -0.2) is 0 Å². The van der Waals surface area contributed by atoms with Crippen molar-refractivity contribution in [3.05, 3.63) is 0 Å². The largest absolute Gasteiger partial charge is 0.0817 e. The van der Waals surface area contributed by atoms with Gasteiger partial charge in [-0.1, -0.05) is 31.4 Å². The highest BCUT2D eigenvalue weighted by Crippen LogP contribution is 2.47. The molecule has 3 unspecified atom stereocenters. The normalized spacial score (nSPS) is 45.9. The monoisotopic (exact) mass is 104 g/mol. The van der Waals surface area contributed by atoms with Gasteiger partial charge in [0.15, 0.2) is 0 Å². The molecule has 3 atom stereocenters. The zero-order valence-electron chi connectivity index (χ0n) is 5.30. The Morgan fingerprint density at radius 1 is 1.50 bits per heavy atom. The zero-order chi connectivity index (χ0) is 6.15. The number of hydrogen-bond donors (Lipinski definition) is 0. The fourth-order valence-corrected chi connectivity index (χ4v) is 1.26. The van der Waals surface area contributed by atoms with E-state index in [9.17, 15) is 0 Å². The van der Waals surface area contributed by atoms with Gasteiger partial charge in [0.1, 0.15) is 0 Å². The fourth-order valence-electron chi connectivity index (χ4n) is 1.26. The Morgan fingerprint density at radius 2 is 2.12 bits per heavy atom. The lowest BCUT2D eigenvalue weighted by atomic mass is 9.48. The van der Waals surface area contributed by atoms with Gasteiger partial charge in [0.05, 0.1) is 15.7 Å². The standard InChI is InChI=1S/C6H10B2/c1-2-4-3-5(7)6(4)8/h4-6H,2-3H2,1H3. The first-order chi connectivity index (χ1) is 3.75. The SMILES string of the molecule is [B]C1CC(CC)C1[B]. The number of hydrogen-bond acceptors (Lipinski definition) is 0. The molecule has 1 aliphatic carbocycles. The molecule has 1 rings (SSSR count). The Kier molecular flexibility index (Phi) is 1.69. The summed E-state index contributed by atoms with van der Waals surface area (Å²) in [6.45, 7) is 2.16. The van der Waals surface area contributed by atoms with E-state index in [-0.39, 0.29) is 0 Å². The molecule has 0 heterocycles. The van der Waals surface area contributed by atoms with Crippen molar-refractivity contribution in [2.45, 2.75) is 31.4 Å². The first kappa shape index (κ1) is 6.25. The van der Waals surface area contributed by atoms with Gasteiger partial charge in [-0.3, -0.25) is 0 Å². The van der Waals surface area contributed by atoms with Gasteiger partial charge < -0.3 is 0 Å². The Bertz CT molecular complexity index is 82.6. The van der Waals surface area contributed by atoms with Crippen LogP contribution in [0, 0.1) is 5.92 Å². The highest BCUT2D eigenvalue weighted by Gasteiger charge is 2.31. The molecule has 0 bridgehead atoms. The second-order valence-corrected chi connectivity index (χ2v) is 2.65. The van der Waals surface area contributed by atoms with Crippen LogP contribution in [0.3, 0.4) is 0 Å². The van der Waals surface area contributed by atoms with Crippen LogP contribution in [0.5, 0.6) is 0 Å². The molecule has 1 aliphatic rings. The van der Waals surface area contributed by atoms with Crippen molar-refractivity contribution in [1.29, 1.82) is 0 Å². The summed E-state index contributed by atoms with van der Waals surface area (Å²) in [6, 6.07) is 0. The second kappa shape index (κ2) is 2.16. The van der Waals surface area contributed by atoms with E-state index in [1.807, 2.05) is 0 Å². The molecule has 0 amide bonds. The molecule has 0 aliphatic heterocycles. The van der Waals surface area contributed by atoms with Gasteiger partial charge in [-0.05, 0) is 5.92 Å². The van der Waals surface area contributed by atoms with Gasteiger partial charge in [-0.15, -0.1) is 0 Å². The fraction of sp³-hybridized carbons (Fsp3) is 1.00. The molecule has 0 aromatic heterocycles. The maximum Gasteiger partial charge on any atom is 0.0696 e. The van der Waals surface area contributed by atoms with Gasteiger partial charge in [0.25, 0.3) is 0 Å². The van der Waals surface area contributed by atoms with Crippen LogP contribution in [-0.4, -0.2) is 15.7 Å². The van der Waals surface area contributed by atoms with Crippen LogP contribution < -0.4 is 0 Å². The van der Waals surface area contributed by atoms with E-state index in [1.54, 1.807) is 0 Å². The second-order valence-electron chi connectivity index (χ2n) is 2.65. The highest BCUT2D eigenvalue weighted by atomic mass is 14.3. The van der Waals surface area contributed by atoms with Crippen molar-refractivity contribution in [2.75, 3.05) is 0 Å². The van der Waals surface area contributed by atoms with E-state index in [0.717, 1.165) is 6.42 Å². The smallest absolute Gasteiger partial charge is 0.0696 e. The van der Waals surface area contributed by atoms with Crippen molar-refractivity contribution in [1.82, 2.24) is 0 Å². The lowest BCUT2D eigenvalue weighted by Crippen LogP contribution is -2.27. The third-order valence-electron chi connectivity index (χ3n) is 2.14. The van der Waals surface area contributed by atoms with Gasteiger partial charge >= 0.3 is 0 Å². The Morgan fingerprint density at radius 3 is 2.25 bits per heavy atom. The van der Waals surface area contributed by atoms with E-state index >= 15 is 0 Å². The Labute approximate surface area is 53.9 Å². The lowest BCUT2D eigenvalue weighted by molar-refractivity contribution is 0.309. The zero-order valence-corrected chi connectivity index (χ0v) is 5.30. The van der Waals surface area contributed by atoms with Gasteiger partial charge in [-0.2, -0.15) is 0 Å². The van der Waals surface area contributed by atoms with Crippen LogP contribution >= 0.6 is 0 Å². The predicted octanol–water partition coefficient (Wildman–Crippen LogP) is 1.33. The maximum absolute atomic E-state index is 5.65. The van der Waals surface area contributed by atoms with Crippen LogP contribution in [0.15, 0.2) is 0 Å². The molecule has 0 spiro atoms. The Balaban J connectivity index is 2.25. The summed E-state index contributed by atoms with van der Waals surface area (Å²) in [5.41, 5.74) is 0. The minimum Gasteiger partial charge on any atom is -0.0817 e. The highest BCUT2D eigenvalue weighted by molar-refractivity contribution is 6.22. The summed E-state index contributed by atoms with van der Waals surface area (Å²) in [5, 5.41) is 0. The first-order valence-electron chi connectivity index (χ1n) is 3.27. The Hall–Kier alpha value is 0.130. The third-order valence-corrected chi connectivity index (χ3v) is 2.14. The van der Waals surface area contributed by atoms with Crippen molar-refractivity contribution in [2.24, 2.45) is 5.92 Å². The topological polar surface area (TPSA) is 0 Å². The van der Waals surface area contributed by atoms with Crippen LogP contribution in [-0.2, 0) is 0 Å². The molecule has 1 fully saturated rings. The molecule has 0 nitrogen and oxygen atoms in total. The van der Waals surface area contributed by atoms with E-state index in [0.29, 0.717) is 17.6 Å². The van der Waals surface area contributed by atoms with Crippen molar-refractivity contribution in [3.63, 3.8) is 0 Å². The van der Waals surface area contributed by atoms with Crippen molar-refractivity contribution >= 4 is 15.7 Å². The molecular weight excluding hydrogens is 93.7 g/mol. The molecule has 40 valence electrons. The molecule has 2 heteroatoms. The molecule has 0 saturated heterocycles. The average molecular weight is 104 g/mol. The summed E-state index contributed by atoms with van der Waals surface area (Å²) in [4.78, 5) is 0. The van der Waals surface area contributed by atoms with E-state index in [1.165, 1.54) is 6.42 Å². The van der Waals surface area contributed by atoms with Crippen molar-refractivity contribution < 1.29 is 0 Å². The molecule has 0 aromatic rings.